The molecule has 0 nitrogen and oxygen atoms in total. The second-order valence-corrected chi connectivity index (χ2v) is 10.8. The van der Waals surface area contributed by atoms with E-state index in [2.05, 4.69) is 44.9 Å². The van der Waals surface area contributed by atoms with Crippen LogP contribution in [0, 0.1) is 0 Å². The van der Waals surface area contributed by atoms with E-state index in [1.165, 1.54) is 0 Å². The SMILES string of the molecule is C[CH]([Rh])[Si](C)(C)C. The zero-order valence-corrected chi connectivity index (χ0v) is 8.05. The molecule has 1 atom stereocenters. The second kappa shape index (κ2) is 2.41. The van der Waals surface area contributed by atoms with Gasteiger partial charge in [0.2, 0.25) is 0 Å². The molecule has 0 bridgehead atoms. The Bertz CT molecular complexity index is 53.6. The first-order valence-electron chi connectivity index (χ1n) is 2.56. The zero-order valence-electron chi connectivity index (χ0n) is 5.41. The van der Waals surface area contributed by atoms with Gasteiger partial charge < -0.3 is 0 Å². The fourth-order valence-corrected chi connectivity index (χ4v) is 0. The Balaban J connectivity index is 3.54. The van der Waals surface area contributed by atoms with Crippen molar-refractivity contribution >= 4 is 8.07 Å². The van der Waals surface area contributed by atoms with E-state index in [1.54, 1.807) is 0 Å². The third-order valence-electron chi connectivity index (χ3n) is 1.15. The Morgan fingerprint density at radius 3 is 1.43 bits per heavy atom. The van der Waals surface area contributed by atoms with E-state index in [0.717, 1.165) is 4.14 Å². The quantitative estimate of drug-likeness (QED) is 0.574. The molecule has 0 fully saturated rings. The molecule has 0 aromatic rings. The number of hydrogen-bond donors (Lipinski definition) is 0. The average Bonchev–Trinajstić information content (AvgIpc) is 1.31. The maximum atomic E-state index is 3.04. The first-order chi connectivity index (χ1) is 2.94. The summed E-state index contributed by atoms with van der Waals surface area (Å²) < 4.78 is 0.827. The van der Waals surface area contributed by atoms with Gasteiger partial charge in [-0.15, -0.1) is 0 Å². The molecule has 0 radical (unpaired) electrons. The maximum absolute atomic E-state index is 3.04. The molecule has 0 amide bonds. The fraction of sp³-hybridized carbons (Fsp3) is 1.00. The summed E-state index contributed by atoms with van der Waals surface area (Å²) in [4.78, 5) is 0. The molecule has 7 heavy (non-hydrogen) atoms. The van der Waals surface area contributed by atoms with Crippen LogP contribution in [0.25, 0.3) is 0 Å². The molecule has 0 aliphatic rings. The van der Waals surface area contributed by atoms with Crippen LogP contribution in [-0.4, -0.2) is 8.07 Å². The minimum absolute atomic E-state index is 0.783. The molecule has 0 spiro atoms. The summed E-state index contributed by atoms with van der Waals surface area (Å²) in [5.41, 5.74) is 0. The zero-order chi connectivity index (χ0) is 6.08. The Morgan fingerprint density at radius 1 is 1.29 bits per heavy atom. The first kappa shape index (κ1) is 7.84. The molecule has 0 aromatic heterocycles. The molecule has 0 N–H and O–H groups in total. The van der Waals surface area contributed by atoms with Gasteiger partial charge in [-0.25, -0.2) is 0 Å². The van der Waals surface area contributed by atoms with E-state index < -0.39 is 8.07 Å². The Morgan fingerprint density at radius 2 is 1.43 bits per heavy atom. The molecular weight excluding hydrogens is 191 g/mol. The third kappa shape index (κ3) is 3.43. The van der Waals surface area contributed by atoms with E-state index >= 15 is 0 Å². The van der Waals surface area contributed by atoms with Crippen LogP contribution in [0.15, 0.2) is 0 Å². The van der Waals surface area contributed by atoms with Crippen molar-refractivity contribution in [1.29, 1.82) is 0 Å². The second-order valence-electron chi connectivity index (χ2n) is 2.94. The summed E-state index contributed by atoms with van der Waals surface area (Å²) in [7, 11) is -0.783. The molecule has 1 unspecified atom stereocenters. The van der Waals surface area contributed by atoms with Gasteiger partial charge in [0, 0.05) is 0 Å². The van der Waals surface area contributed by atoms with Gasteiger partial charge in [-0.3, -0.25) is 0 Å². The Hall–Kier alpha value is 0.840. The summed E-state index contributed by atoms with van der Waals surface area (Å²) in [5, 5.41) is 0. The van der Waals surface area contributed by atoms with Crippen LogP contribution in [0.3, 0.4) is 0 Å². The van der Waals surface area contributed by atoms with E-state index in [-0.39, 0.29) is 0 Å². The van der Waals surface area contributed by atoms with Crippen LogP contribution in [0.5, 0.6) is 0 Å². The summed E-state index contributed by atoms with van der Waals surface area (Å²) in [6.07, 6.45) is 0. The van der Waals surface area contributed by atoms with Crippen LogP contribution in [-0.2, 0) is 18.3 Å². The average molecular weight is 204 g/mol. The molecule has 0 aliphatic carbocycles. The molecular formula is C5H13RhSi. The van der Waals surface area contributed by atoms with Gasteiger partial charge in [0.05, 0.1) is 0 Å². The van der Waals surface area contributed by atoms with Crippen molar-refractivity contribution in [1.82, 2.24) is 0 Å². The van der Waals surface area contributed by atoms with Crippen molar-refractivity contribution < 1.29 is 18.3 Å². The van der Waals surface area contributed by atoms with Gasteiger partial charge in [-0.2, -0.15) is 0 Å². The molecule has 0 aromatic carbocycles. The Kier molecular flexibility index (Phi) is 2.70. The van der Waals surface area contributed by atoms with Gasteiger partial charge in [-0.05, 0) is 0 Å². The van der Waals surface area contributed by atoms with Crippen LogP contribution in [0.4, 0.5) is 0 Å². The van der Waals surface area contributed by atoms with Crippen molar-refractivity contribution in [3.63, 3.8) is 0 Å². The van der Waals surface area contributed by atoms with Crippen LogP contribution in [0.2, 0.25) is 23.8 Å². The summed E-state index contributed by atoms with van der Waals surface area (Å²) >= 11 is 3.04. The van der Waals surface area contributed by atoms with Crippen molar-refractivity contribution in [3.8, 4) is 0 Å². The van der Waals surface area contributed by atoms with Gasteiger partial charge in [0.25, 0.3) is 0 Å². The van der Waals surface area contributed by atoms with E-state index in [0.29, 0.717) is 0 Å². The topological polar surface area (TPSA) is 0 Å². The van der Waals surface area contributed by atoms with Crippen molar-refractivity contribution in [2.75, 3.05) is 0 Å². The number of rotatable bonds is 1. The van der Waals surface area contributed by atoms with Gasteiger partial charge in [0.15, 0.2) is 0 Å². The summed E-state index contributed by atoms with van der Waals surface area (Å²) in [6.45, 7) is 9.38. The van der Waals surface area contributed by atoms with Crippen LogP contribution in [0.1, 0.15) is 6.92 Å². The normalized spacial score (nSPS) is 16.9. The molecule has 0 saturated heterocycles. The summed E-state index contributed by atoms with van der Waals surface area (Å²) in [6, 6.07) is 0. The van der Waals surface area contributed by atoms with Gasteiger partial charge in [-0.1, -0.05) is 0 Å². The molecule has 46 valence electrons. The van der Waals surface area contributed by atoms with E-state index in [4.69, 9.17) is 0 Å². The van der Waals surface area contributed by atoms with Crippen molar-refractivity contribution in [3.05, 3.63) is 0 Å². The predicted molar refractivity (Wildman–Crippen MR) is 32.8 cm³/mol. The Labute approximate surface area is 57.4 Å². The van der Waals surface area contributed by atoms with Crippen LogP contribution < -0.4 is 0 Å². The van der Waals surface area contributed by atoms with Gasteiger partial charge in [0.1, 0.15) is 0 Å². The molecule has 0 heterocycles. The summed E-state index contributed by atoms with van der Waals surface area (Å²) in [5.74, 6) is 0. The molecule has 0 saturated carbocycles. The van der Waals surface area contributed by atoms with Crippen LogP contribution >= 0.6 is 0 Å². The number of hydrogen-bond acceptors (Lipinski definition) is 0. The van der Waals surface area contributed by atoms with E-state index in [9.17, 15) is 0 Å². The molecule has 0 aliphatic heterocycles. The predicted octanol–water partition coefficient (Wildman–Crippen LogP) is 2.22. The van der Waals surface area contributed by atoms with Gasteiger partial charge >= 0.3 is 57.1 Å². The molecule has 0 rings (SSSR count). The standard InChI is InChI=1S/C5H13Si.Rh/c1-5-6(2,3)4;/h5H,1-4H3;. The monoisotopic (exact) mass is 204 g/mol. The van der Waals surface area contributed by atoms with E-state index in [1.807, 2.05) is 0 Å². The van der Waals surface area contributed by atoms with Crippen molar-refractivity contribution in [2.24, 2.45) is 0 Å². The third-order valence-corrected chi connectivity index (χ3v) is 7.72. The fourth-order valence-electron chi connectivity index (χ4n) is 0. The first-order valence-corrected chi connectivity index (χ1v) is 7.08. The van der Waals surface area contributed by atoms with Crippen molar-refractivity contribution in [2.45, 2.75) is 30.7 Å². The molecule has 2 heteroatoms. The minimum atomic E-state index is -0.783.